The largest absolute Gasteiger partial charge is 0.479 e. The molecule has 1 aromatic carbocycles. The number of nitrogens with one attached hydrogen (secondary N) is 1. The molecule has 112 valence electrons. The molecular formula is C13H19NO5S. The number of benzene rings is 1. The third-order valence-corrected chi connectivity index (χ3v) is 4.18. The van der Waals surface area contributed by atoms with Crippen molar-refractivity contribution in [3.63, 3.8) is 0 Å². The molecule has 0 saturated carbocycles. The Labute approximate surface area is 119 Å². The van der Waals surface area contributed by atoms with Gasteiger partial charge < -0.3 is 5.11 Å². The van der Waals surface area contributed by atoms with E-state index in [0.29, 0.717) is 6.42 Å². The van der Waals surface area contributed by atoms with E-state index < -0.39 is 21.9 Å². The molecule has 1 atom stereocenters. The minimum atomic E-state index is -4.07. The van der Waals surface area contributed by atoms with E-state index in [1.165, 1.54) is 7.05 Å². The Balaban J connectivity index is 2.92. The molecule has 20 heavy (non-hydrogen) atoms. The highest BCUT2D eigenvalue weighted by Gasteiger charge is 2.42. The van der Waals surface area contributed by atoms with E-state index in [4.69, 9.17) is 4.18 Å². The molecule has 0 aromatic heterocycles. The number of carboxylic acids is 1. The molecule has 2 N–H and O–H groups in total. The van der Waals surface area contributed by atoms with Crippen LogP contribution in [0.1, 0.15) is 25.3 Å². The summed E-state index contributed by atoms with van der Waals surface area (Å²) in [6.07, 6.45) is 0.542. The fraction of sp³-hybridized carbons (Fsp3) is 0.462. The Bertz CT molecular complexity index is 543. The van der Waals surface area contributed by atoms with E-state index in [1.807, 2.05) is 35.1 Å². The van der Waals surface area contributed by atoms with Gasteiger partial charge in [0.05, 0.1) is 0 Å². The van der Waals surface area contributed by atoms with E-state index in [9.17, 15) is 18.3 Å². The lowest BCUT2D eigenvalue weighted by Gasteiger charge is -2.27. The van der Waals surface area contributed by atoms with Gasteiger partial charge in [0.1, 0.15) is 0 Å². The highest BCUT2D eigenvalue weighted by Crippen LogP contribution is 2.25. The van der Waals surface area contributed by atoms with Crippen molar-refractivity contribution in [1.82, 2.24) is 4.72 Å². The fourth-order valence-corrected chi connectivity index (χ4v) is 2.59. The monoisotopic (exact) mass is 301 g/mol. The van der Waals surface area contributed by atoms with Crippen LogP contribution in [-0.2, 0) is 25.7 Å². The van der Waals surface area contributed by atoms with Gasteiger partial charge in [-0.1, -0.05) is 37.3 Å². The highest BCUT2D eigenvalue weighted by atomic mass is 32.2. The fourth-order valence-electron chi connectivity index (χ4n) is 1.81. The second kappa shape index (κ2) is 6.83. The Morgan fingerprint density at radius 3 is 2.40 bits per heavy atom. The summed E-state index contributed by atoms with van der Waals surface area (Å²) in [5.74, 6) is -1.28. The molecule has 0 bridgehead atoms. The van der Waals surface area contributed by atoms with Gasteiger partial charge in [0.15, 0.2) is 5.60 Å². The number of hydrogen-bond donors (Lipinski definition) is 2. The minimum Gasteiger partial charge on any atom is -0.479 e. The van der Waals surface area contributed by atoms with Crippen LogP contribution in [0.25, 0.3) is 0 Å². The normalized spacial score (nSPS) is 14.7. The molecule has 6 nitrogen and oxygen atoms in total. The predicted octanol–water partition coefficient (Wildman–Crippen LogP) is 1.33. The molecule has 0 heterocycles. The van der Waals surface area contributed by atoms with Crippen molar-refractivity contribution in [1.29, 1.82) is 0 Å². The lowest BCUT2D eigenvalue weighted by Crippen LogP contribution is -2.45. The zero-order valence-electron chi connectivity index (χ0n) is 11.5. The van der Waals surface area contributed by atoms with Crippen LogP contribution in [0, 0.1) is 0 Å². The van der Waals surface area contributed by atoms with Gasteiger partial charge in [-0.05, 0) is 24.8 Å². The van der Waals surface area contributed by atoms with Crippen LogP contribution in [0.15, 0.2) is 30.3 Å². The molecule has 0 unspecified atom stereocenters. The molecule has 0 fully saturated rings. The van der Waals surface area contributed by atoms with E-state index >= 15 is 0 Å². The molecule has 0 saturated heterocycles. The predicted molar refractivity (Wildman–Crippen MR) is 74.5 cm³/mol. The first-order valence-corrected chi connectivity index (χ1v) is 7.67. The summed E-state index contributed by atoms with van der Waals surface area (Å²) in [5.41, 5.74) is -0.824. The zero-order chi connectivity index (χ0) is 15.2. The van der Waals surface area contributed by atoms with Crippen LogP contribution < -0.4 is 4.72 Å². The molecule has 0 aliphatic heterocycles. The Kier molecular flexibility index (Phi) is 5.67. The van der Waals surface area contributed by atoms with Gasteiger partial charge in [-0.3, -0.25) is 0 Å². The molecular weight excluding hydrogens is 282 g/mol. The first-order valence-electron chi connectivity index (χ1n) is 6.26. The third kappa shape index (κ3) is 4.29. The van der Waals surface area contributed by atoms with Crippen molar-refractivity contribution in [3.05, 3.63) is 35.9 Å². The SMILES string of the molecule is CC[C@](CCc1ccccc1)(OS(=O)(=O)NC)C(=O)O. The summed E-state index contributed by atoms with van der Waals surface area (Å²) in [4.78, 5) is 11.5. The number of hydrogen-bond acceptors (Lipinski definition) is 4. The number of carboxylic acid groups (broad SMARTS) is 1. The van der Waals surface area contributed by atoms with Gasteiger partial charge in [-0.25, -0.2) is 8.98 Å². The molecule has 7 heteroatoms. The van der Waals surface area contributed by atoms with Crippen molar-refractivity contribution >= 4 is 16.3 Å². The average molecular weight is 301 g/mol. The van der Waals surface area contributed by atoms with E-state index in [-0.39, 0.29) is 12.8 Å². The summed E-state index contributed by atoms with van der Waals surface area (Å²) in [6.45, 7) is 1.59. The smallest absolute Gasteiger partial charge is 0.337 e. The lowest BCUT2D eigenvalue weighted by atomic mass is 9.92. The first-order chi connectivity index (χ1) is 9.35. The molecule has 1 aromatic rings. The zero-order valence-corrected chi connectivity index (χ0v) is 12.3. The maximum atomic E-state index is 11.5. The third-order valence-electron chi connectivity index (χ3n) is 3.14. The van der Waals surface area contributed by atoms with E-state index in [2.05, 4.69) is 0 Å². The van der Waals surface area contributed by atoms with Gasteiger partial charge in [0.2, 0.25) is 0 Å². The average Bonchev–Trinajstić information content (AvgIpc) is 2.44. The van der Waals surface area contributed by atoms with Crippen molar-refractivity contribution < 1.29 is 22.5 Å². The standard InChI is InChI=1S/C13H19NO5S/c1-3-13(12(15)16,19-20(17,18)14-2)10-9-11-7-5-4-6-8-11/h4-8,14H,3,9-10H2,1-2H3,(H,15,16)/t13-/m1/s1. The van der Waals surface area contributed by atoms with Gasteiger partial charge in [0.25, 0.3) is 0 Å². The summed E-state index contributed by atoms with van der Waals surface area (Å²) >= 11 is 0. The Hall–Kier alpha value is -1.44. The molecule has 0 radical (unpaired) electrons. The highest BCUT2D eigenvalue weighted by molar-refractivity contribution is 7.84. The van der Waals surface area contributed by atoms with Crippen LogP contribution in [0.5, 0.6) is 0 Å². The Morgan fingerprint density at radius 2 is 1.95 bits per heavy atom. The second-order valence-corrected chi connectivity index (χ2v) is 5.86. The summed E-state index contributed by atoms with van der Waals surface area (Å²) < 4.78 is 29.8. The van der Waals surface area contributed by atoms with Crippen molar-refractivity contribution in [2.24, 2.45) is 0 Å². The summed E-state index contributed by atoms with van der Waals surface area (Å²) in [6, 6.07) is 9.25. The maximum Gasteiger partial charge on any atom is 0.337 e. The molecule has 1 rings (SSSR count). The van der Waals surface area contributed by atoms with Gasteiger partial charge in [-0.2, -0.15) is 13.1 Å². The van der Waals surface area contributed by atoms with Crippen LogP contribution in [0.3, 0.4) is 0 Å². The topological polar surface area (TPSA) is 92.7 Å². The number of carbonyl (C=O) groups is 1. The van der Waals surface area contributed by atoms with Gasteiger partial charge in [0, 0.05) is 7.05 Å². The Morgan fingerprint density at radius 1 is 1.35 bits per heavy atom. The lowest BCUT2D eigenvalue weighted by molar-refractivity contribution is -0.156. The van der Waals surface area contributed by atoms with Crippen molar-refractivity contribution in [2.45, 2.75) is 31.8 Å². The van der Waals surface area contributed by atoms with E-state index in [1.54, 1.807) is 6.92 Å². The summed E-state index contributed by atoms with van der Waals surface area (Å²) in [5, 5.41) is 9.34. The molecule has 0 spiro atoms. The molecule has 0 amide bonds. The number of rotatable bonds is 8. The van der Waals surface area contributed by atoms with Crippen LogP contribution in [0.2, 0.25) is 0 Å². The molecule has 0 aliphatic rings. The number of aliphatic carboxylic acids is 1. The maximum absolute atomic E-state index is 11.5. The minimum absolute atomic E-state index is 0.0517. The van der Waals surface area contributed by atoms with Crippen molar-refractivity contribution in [2.75, 3.05) is 7.05 Å². The summed E-state index contributed by atoms with van der Waals surface area (Å²) in [7, 11) is -2.89. The van der Waals surface area contributed by atoms with Crippen LogP contribution in [-0.4, -0.2) is 32.1 Å². The van der Waals surface area contributed by atoms with Crippen molar-refractivity contribution in [3.8, 4) is 0 Å². The van der Waals surface area contributed by atoms with Crippen LogP contribution in [0.4, 0.5) is 0 Å². The second-order valence-electron chi connectivity index (χ2n) is 4.38. The van der Waals surface area contributed by atoms with E-state index in [0.717, 1.165) is 5.56 Å². The van der Waals surface area contributed by atoms with Crippen LogP contribution >= 0.6 is 0 Å². The molecule has 0 aliphatic carbocycles. The first kappa shape index (κ1) is 16.6. The van der Waals surface area contributed by atoms with Gasteiger partial charge >= 0.3 is 16.3 Å². The number of aryl methyl sites for hydroxylation is 1. The van der Waals surface area contributed by atoms with Gasteiger partial charge in [-0.15, -0.1) is 0 Å². The quantitative estimate of drug-likeness (QED) is 0.755.